The van der Waals surface area contributed by atoms with E-state index in [1.807, 2.05) is 17.0 Å². The van der Waals surface area contributed by atoms with E-state index in [2.05, 4.69) is 11.2 Å². The number of nitriles is 1. The molecule has 1 aliphatic heterocycles. The first-order valence-corrected chi connectivity index (χ1v) is 6.95. The summed E-state index contributed by atoms with van der Waals surface area (Å²) in [6, 6.07) is 9.30. The van der Waals surface area contributed by atoms with E-state index >= 15 is 0 Å². The van der Waals surface area contributed by atoms with Crippen molar-refractivity contribution in [3.05, 3.63) is 34.9 Å². The number of anilines is 2. The van der Waals surface area contributed by atoms with Crippen molar-refractivity contribution < 1.29 is 4.74 Å². The number of nitrogens with two attached hydrogens (primary N) is 1. The molecule has 1 fully saturated rings. The van der Waals surface area contributed by atoms with E-state index in [1.54, 1.807) is 16.8 Å². The summed E-state index contributed by atoms with van der Waals surface area (Å²) in [7, 11) is 0. The predicted molar refractivity (Wildman–Crippen MR) is 80.7 cm³/mol. The zero-order chi connectivity index (χ0) is 14.8. The van der Waals surface area contributed by atoms with Crippen LogP contribution in [0.4, 0.5) is 11.6 Å². The molecule has 2 aromatic rings. The van der Waals surface area contributed by atoms with Crippen LogP contribution in [0.2, 0.25) is 5.02 Å². The van der Waals surface area contributed by atoms with Crippen LogP contribution in [0.15, 0.2) is 24.3 Å². The van der Waals surface area contributed by atoms with Crippen LogP contribution in [0, 0.1) is 11.3 Å². The molecule has 2 N–H and O–H groups in total. The Bertz CT molecular complexity index is 683. The number of nitrogens with zero attached hydrogens (tertiary/aromatic N) is 4. The number of benzene rings is 1. The van der Waals surface area contributed by atoms with Gasteiger partial charge in [-0.3, -0.25) is 0 Å². The van der Waals surface area contributed by atoms with Crippen molar-refractivity contribution >= 4 is 23.2 Å². The number of morpholine rings is 1. The molecule has 0 amide bonds. The molecule has 108 valence electrons. The molecule has 1 aromatic carbocycles. The normalized spacial score (nSPS) is 15.0. The van der Waals surface area contributed by atoms with Crippen molar-refractivity contribution in [3.63, 3.8) is 0 Å². The van der Waals surface area contributed by atoms with Gasteiger partial charge < -0.3 is 15.4 Å². The highest BCUT2D eigenvalue weighted by Gasteiger charge is 2.23. The smallest absolute Gasteiger partial charge is 0.171 e. The van der Waals surface area contributed by atoms with Gasteiger partial charge in [-0.15, -0.1) is 5.10 Å². The van der Waals surface area contributed by atoms with Crippen molar-refractivity contribution in [2.45, 2.75) is 0 Å². The lowest BCUT2D eigenvalue weighted by Crippen LogP contribution is -2.37. The summed E-state index contributed by atoms with van der Waals surface area (Å²) in [5.41, 5.74) is 7.24. The van der Waals surface area contributed by atoms with E-state index in [9.17, 15) is 5.26 Å². The van der Waals surface area contributed by atoms with Crippen LogP contribution >= 0.6 is 11.6 Å². The molecule has 6 nitrogen and oxygen atoms in total. The maximum atomic E-state index is 9.37. The van der Waals surface area contributed by atoms with Crippen LogP contribution in [0.5, 0.6) is 0 Å². The Morgan fingerprint density at radius 2 is 1.90 bits per heavy atom. The van der Waals surface area contributed by atoms with Gasteiger partial charge in [-0.2, -0.15) is 5.26 Å². The second kappa shape index (κ2) is 5.64. The summed E-state index contributed by atoms with van der Waals surface area (Å²) in [5, 5.41) is 14.5. The van der Waals surface area contributed by atoms with Gasteiger partial charge >= 0.3 is 0 Å². The number of ether oxygens (including phenoxy) is 1. The summed E-state index contributed by atoms with van der Waals surface area (Å²) in [4.78, 5) is 2.02. The number of hydrogen-bond donors (Lipinski definition) is 1. The number of halogens is 1. The average molecular weight is 304 g/mol. The minimum absolute atomic E-state index is 0.335. The van der Waals surface area contributed by atoms with E-state index in [0.717, 1.165) is 5.69 Å². The molecule has 0 saturated carbocycles. The third kappa shape index (κ3) is 2.53. The van der Waals surface area contributed by atoms with E-state index in [0.29, 0.717) is 48.5 Å². The lowest BCUT2D eigenvalue weighted by atomic mass is 10.3. The molecule has 7 heteroatoms. The van der Waals surface area contributed by atoms with Gasteiger partial charge in [0.2, 0.25) is 0 Å². The highest BCUT2D eigenvalue weighted by molar-refractivity contribution is 6.30. The lowest BCUT2D eigenvalue weighted by molar-refractivity contribution is 0.122. The molecule has 1 aliphatic rings. The number of hydrogen-bond acceptors (Lipinski definition) is 5. The Kier molecular flexibility index (Phi) is 3.69. The third-order valence-electron chi connectivity index (χ3n) is 3.40. The highest BCUT2D eigenvalue weighted by Crippen LogP contribution is 2.28. The first-order valence-electron chi connectivity index (χ1n) is 6.58. The Labute approximate surface area is 127 Å². The monoisotopic (exact) mass is 303 g/mol. The molecule has 1 saturated heterocycles. The third-order valence-corrected chi connectivity index (χ3v) is 3.65. The first kappa shape index (κ1) is 13.7. The van der Waals surface area contributed by atoms with Crippen LogP contribution in [0.25, 0.3) is 5.69 Å². The highest BCUT2D eigenvalue weighted by atomic mass is 35.5. The minimum Gasteiger partial charge on any atom is -0.382 e. The Morgan fingerprint density at radius 3 is 2.52 bits per heavy atom. The van der Waals surface area contributed by atoms with Crippen molar-refractivity contribution in [2.24, 2.45) is 0 Å². The van der Waals surface area contributed by atoms with Crippen molar-refractivity contribution in [1.82, 2.24) is 9.78 Å². The first-order chi connectivity index (χ1) is 10.2. The van der Waals surface area contributed by atoms with Crippen LogP contribution in [0.3, 0.4) is 0 Å². The second-order valence-electron chi connectivity index (χ2n) is 4.68. The Balaban J connectivity index is 2.04. The van der Waals surface area contributed by atoms with Gasteiger partial charge in [0.25, 0.3) is 0 Å². The SMILES string of the molecule is N#Cc1c(N2CCOCC2)nn(-c2ccc(Cl)cc2)c1N. The van der Waals surface area contributed by atoms with E-state index in [1.165, 1.54) is 0 Å². The quantitative estimate of drug-likeness (QED) is 0.915. The van der Waals surface area contributed by atoms with Crippen LogP contribution in [-0.4, -0.2) is 36.1 Å². The molecular weight excluding hydrogens is 290 g/mol. The van der Waals surface area contributed by atoms with E-state index in [4.69, 9.17) is 22.1 Å². The van der Waals surface area contributed by atoms with Gasteiger partial charge in [-0.1, -0.05) is 11.6 Å². The molecule has 0 unspecified atom stereocenters. The predicted octanol–water partition coefficient (Wildman–Crippen LogP) is 1.82. The van der Waals surface area contributed by atoms with Crippen molar-refractivity contribution in [2.75, 3.05) is 36.9 Å². The molecule has 1 aromatic heterocycles. The molecule has 0 aliphatic carbocycles. The van der Waals surface area contributed by atoms with Gasteiger partial charge in [0.15, 0.2) is 5.82 Å². The molecule has 2 heterocycles. The second-order valence-corrected chi connectivity index (χ2v) is 5.12. The van der Waals surface area contributed by atoms with Gasteiger partial charge in [-0.05, 0) is 24.3 Å². The summed E-state index contributed by atoms with van der Waals surface area (Å²) in [6.45, 7) is 2.65. The maximum absolute atomic E-state index is 9.37. The topological polar surface area (TPSA) is 80.1 Å². The summed E-state index contributed by atoms with van der Waals surface area (Å²) < 4.78 is 6.89. The average Bonchev–Trinajstić information content (AvgIpc) is 2.86. The van der Waals surface area contributed by atoms with E-state index in [-0.39, 0.29) is 0 Å². The molecule has 0 bridgehead atoms. The fraction of sp³-hybridized carbons (Fsp3) is 0.286. The number of rotatable bonds is 2. The molecule has 0 radical (unpaired) electrons. The standard InChI is InChI=1S/C14H14ClN5O/c15-10-1-3-11(4-2-10)20-13(17)12(9-16)14(18-20)19-5-7-21-8-6-19/h1-4H,5-8,17H2. The fourth-order valence-electron chi connectivity index (χ4n) is 2.30. The Morgan fingerprint density at radius 1 is 1.24 bits per heavy atom. The molecule has 0 spiro atoms. The van der Waals surface area contributed by atoms with Gasteiger partial charge in [0.05, 0.1) is 18.9 Å². The number of nitrogen functional groups attached to an aromatic ring is 1. The minimum atomic E-state index is 0.335. The Hall–Kier alpha value is -2.23. The largest absolute Gasteiger partial charge is 0.382 e. The maximum Gasteiger partial charge on any atom is 0.171 e. The summed E-state index contributed by atoms with van der Waals surface area (Å²) in [6.07, 6.45) is 0. The zero-order valence-electron chi connectivity index (χ0n) is 11.3. The molecule has 0 atom stereocenters. The van der Waals surface area contributed by atoms with Crippen LogP contribution in [-0.2, 0) is 4.74 Å². The van der Waals surface area contributed by atoms with E-state index < -0.39 is 0 Å². The van der Waals surface area contributed by atoms with Gasteiger partial charge in [0, 0.05) is 18.1 Å². The fourth-order valence-corrected chi connectivity index (χ4v) is 2.43. The van der Waals surface area contributed by atoms with Crippen LogP contribution < -0.4 is 10.6 Å². The van der Waals surface area contributed by atoms with Gasteiger partial charge in [0.1, 0.15) is 17.5 Å². The molecular formula is C14H14ClN5O. The summed E-state index contributed by atoms with van der Waals surface area (Å²) in [5.74, 6) is 0.939. The zero-order valence-corrected chi connectivity index (χ0v) is 12.0. The number of aromatic nitrogens is 2. The van der Waals surface area contributed by atoms with Crippen molar-refractivity contribution in [1.29, 1.82) is 5.26 Å². The lowest BCUT2D eigenvalue weighted by Gasteiger charge is -2.26. The van der Waals surface area contributed by atoms with Gasteiger partial charge in [-0.25, -0.2) is 4.68 Å². The summed E-state index contributed by atoms with van der Waals surface area (Å²) >= 11 is 5.89. The van der Waals surface area contributed by atoms with Crippen molar-refractivity contribution in [3.8, 4) is 11.8 Å². The van der Waals surface area contributed by atoms with Crippen LogP contribution in [0.1, 0.15) is 5.56 Å². The molecule has 21 heavy (non-hydrogen) atoms. The molecule has 3 rings (SSSR count).